The minimum absolute atomic E-state index is 0.316. The van der Waals surface area contributed by atoms with Crippen LogP contribution in [0, 0.1) is 0 Å². The minimum atomic E-state index is -2.53. The van der Waals surface area contributed by atoms with Crippen LogP contribution < -0.4 is 0 Å². The molecule has 0 fully saturated rings. The van der Waals surface area contributed by atoms with Crippen LogP contribution in [0.25, 0.3) is 0 Å². The maximum atomic E-state index is 11.1. The summed E-state index contributed by atoms with van der Waals surface area (Å²) in [6, 6.07) is 1.68. The molecule has 0 aromatic heterocycles. The summed E-state index contributed by atoms with van der Waals surface area (Å²) in [6.07, 6.45) is 2.83. The Labute approximate surface area is 166 Å². The average Bonchev–Trinajstić information content (AvgIpc) is 2.66. The number of carbonyl (C=O) groups excluding carboxylic acids is 1. The van der Waals surface area contributed by atoms with E-state index in [2.05, 4.69) is 6.58 Å². The molecule has 0 rings (SSSR count). The Morgan fingerprint density at radius 1 is 1.00 bits per heavy atom. The summed E-state index contributed by atoms with van der Waals surface area (Å²) >= 11 is 5.51. The number of unbranched alkanes of at least 4 members (excludes halogenated alkanes) is 1. The number of hydrogen-bond acceptors (Lipinski definition) is 7. The predicted octanol–water partition coefficient (Wildman–Crippen LogP) is 2.89. The van der Waals surface area contributed by atoms with Crippen molar-refractivity contribution in [1.82, 2.24) is 0 Å². The Bertz CT molecular complexity index is 356. The number of rotatable bonds is 14. The van der Waals surface area contributed by atoms with Gasteiger partial charge in [-0.15, -0.1) is 11.6 Å². The van der Waals surface area contributed by atoms with Gasteiger partial charge in [-0.3, -0.25) is 0 Å². The normalized spacial score (nSPS) is 11.1. The fraction of sp³-hybridized carbons (Fsp3) is 0.812. The van der Waals surface area contributed by atoms with Gasteiger partial charge >= 0.3 is 24.1 Å². The highest BCUT2D eigenvalue weighted by atomic mass is 35.5. The van der Waals surface area contributed by atoms with Crippen molar-refractivity contribution in [2.45, 2.75) is 38.3 Å². The number of carbonyl (C=O) groups is 1. The van der Waals surface area contributed by atoms with E-state index in [1.165, 1.54) is 0 Å². The Morgan fingerprint density at radius 2 is 1.54 bits per heavy atom. The summed E-state index contributed by atoms with van der Waals surface area (Å²) in [5.74, 6) is 0.369. The fourth-order valence-electron chi connectivity index (χ4n) is 1.87. The number of alkyl halides is 1. The molecule has 0 N–H and O–H groups in total. The van der Waals surface area contributed by atoms with E-state index in [-0.39, 0.29) is 5.97 Å². The quantitative estimate of drug-likeness (QED) is 0.138. The Hall–Kier alpha value is -0.266. The third kappa shape index (κ3) is 13.9. The van der Waals surface area contributed by atoms with Gasteiger partial charge in [-0.25, -0.2) is 4.79 Å². The van der Waals surface area contributed by atoms with Crippen LogP contribution >= 0.6 is 11.6 Å². The Balaban J connectivity index is 0. The third-order valence-corrected chi connectivity index (χ3v) is 8.52. The molecule has 26 heavy (non-hydrogen) atoms. The molecule has 10 heteroatoms. The van der Waals surface area contributed by atoms with Crippen LogP contribution in [-0.2, 0) is 31.7 Å². The van der Waals surface area contributed by atoms with E-state index in [0.29, 0.717) is 24.6 Å². The first-order valence-electron chi connectivity index (χ1n) is 8.45. The van der Waals surface area contributed by atoms with Crippen LogP contribution in [0.1, 0.15) is 26.2 Å². The van der Waals surface area contributed by atoms with Gasteiger partial charge in [0, 0.05) is 53.0 Å². The first kappa shape index (κ1) is 27.9. The lowest BCUT2D eigenvalue weighted by Gasteiger charge is -2.24. The SMILES string of the molecule is C=C(C)C(=O)OCCC[Si](OC)(OC)OC.CO[SiH](CCCCCl)OC. The molecule has 0 saturated carbocycles. The minimum Gasteiger partial charge on any atom is -0.462 e. The largest absolute Gasteiger partial charge is 0.500 e. The zero-order valence-electron chi connectivity index (χ0n) is 17.0. The number of hydrogen-bond donors (Lipinski definition) is 0. The molecule has 0 aliphatic heterocycles. The molecule has 0 aromatic carbocycles. The second-order valence-electron chi connectivity index (χ2n) is 5.40. The molecular formula is C16H35ClO7Si2. The van der Waals surface area contributed by atoms with Crippen molar-refractivity contribution in [3.63, 3.8) is 0 Å². The molecule has 0 saturated heterocycles. The van der Waals surface area contributed by atoms with Crippen LogP contribution in [0.5, 0.6) is 0 Å². The molecule has 0 radical (unpaired) electrons. The monoisotopic (exact) mass is 430 g/mol. The van der Waals surface area contributed by atoms with Crippen LogP contribution in [0.15, 0.2) is 12.2 Å². The van der Waals surface area contributed by atoms with Gasteiger partial charge in [-0.1, -0.05) is 13.0 Å². The summed E-state index contributed by atoms with van der Waals surface area (Å²) in [5.41, 5.74) is 0.397. The van der Waals surface area contributed by atoms with Gasteiger partial charge in [0.15, 0.2) is 0 Å². The van der Waals surface area contributed by atoms with Crippen LogP contribution in [0.2, 0.25) is 12.1 Å². The van der Waals surface area contributed by atoms with E-state index in [4.69, 9.17) is 38.5 Å². The van der Waals surface area contributed by atoms with Crippen molar-refractivity contribution in [3.8, 4) is 0 Å². The first-order valence-corrected chi connectivity index (χ1v) is 12.7. The second kappa shape index (κ2) is 18.1. The van der Waals surface area contributed by atoms with Gasteiger partial charge in [0.2, 0.25) is 0 Å². The number of halogens is 1. The molecule has 0 aliphatic rings. The van der Waals surface area contributed by atoms with E-state index in [0.717, 1.165) is 24.8 Å². The zero-order chi connectivity index (χ0) is 20.4. The molecule has 0 spiro atoms. The smallest absolute Gasteiger partial charge is 0.462 e. The summed E-state index contributed by atoms with van der Waals surface area (Å²) in [7, 11) is 4.27. The van der Waals surface area contributed by atoms with E-state index in [1.807, 2.05) is 0 Å². The fourth-order valence-corrected chi connectivity index (χ4v) is 5.03. The first-order chi connectivity index (χ1) is 12.4. The topological polar surface area (TPSA) is 72.5 Å². The van der Waals surface area contributed by atoms with Crippen molar-refractivity contribution in [3.05, 3.63) is 12.2 Å². The van der Waals surface area contributed by atoms with Crippen LogP contribution in [-0.4, -0.2) is 72.1 Å². The van der Waals surface area contributed by atoms with Gasteiger partial charge in [-0.2, -0.15) is 0 Å². The Kier molecular flexibility index (Phi) is 19.5. The summed E-state index contributed by atoms with van der Waals surface area (Å²) in [6.45, 7) is 5.42. The van der Waals surface area contributed by atoms with E-state index >= 15 is 0 Å². The molecule has 0 amide bonds. The highest BCUT2D eigenvalue weighted by molar-refractivity contribution is 6.60. The van der Waals surface area contributed by atoms with Crippen molar-refractivity contribution in [2.75, 3.05) is 48.0 Å². The molecule has 0 unspecified atom stereocenters. The van der Waals surface area contributed by atoms with E-state index in [1.54, 1.807) is 42.5 Å². The predicted molar refractivity (Wildman–Crippen MR) is 108 cm³/mol. The molecule has 0 aliphatic carbocycles. The lowest BCUT2D eigenvalue weighted by atomic mass is 10.4. The molecule has 7 nitrogen and oxygen atoms in total. The summed E-state index contributed by atoms with van der Waals surface area (Å²) < 4.78 is 30.9. The van der Waals surface area contributed by atoms with Gasteiger partial charge < -0.3 is 26.9 Å². The molecule has 156 valence electrons. The highest BCUT2D eigenvalue weighted by Gasteiger charge is 2.36. The Morgan fingerprint density at radius 3 is 1.92 bits per heavy atom. The lowest BCUT2D eigenvalue weighted by molar-refractivity contribution is -0.139. The summed E-state index contributed by atoms with van der Waals surface area (Å²) in [5, 5.41) is 0. The van der Waals surface area contributed by atoms with Gasteiger partial charge in [0.1, 0.15) is 0 Å². The van der Waals surface area contributed by atoms with Crippen LogP contribution in [0.3, 0.4) is 0 Å². The van der Waals surface area contributed by atoms with Gasteiger partial charge in [0.05, 0.1) is 6.61 Å². The van der Waals surface area contributed by atoms with Crippen molar-refractivity contribution in [1.29, 1.82) is 0 Å². The summed E-state index contributed by atoms with van der Waals surface area (Å²) in [4.78, 5) is 11.1. The molecule has 0 heterocycles. The van der Waals surface area contributed by atoms with Gasteiger partial charge in [-0.05, 0) is 25.8 Å². The maximum absolute atomic E-state index is 11.1. The van der Waals surface area contributed by atoms with Crippen molar-refractivity contribution in [2.24, 2.45) is 0 Å². The number of esters is 1. The lowest BCUT2D eigenvalue weighted by Crippen LogP contribution is -2.42. The maximum Gasteiger partial charge on any atom is 0.500 e. The highest BCUT2D eigenvalue weighted by Crippen LogP contribution is 2.14. The van der Waals surface area contributed by atoms with E-state index < -0.39 is 18.1 Å². The van der Waals surface area contributed by atoms with Crippen LogP contribution in [0.4, 0.5) is 0 Å². The van der Waals surface area contributed by atoms with Crippen molar-refractivity contribution >= 4 is 35.7 Å². The third-order valence-electron chi connectivity index (χ3n) is 3.49. The molecular weight excluding hydrogens is 396 g/mol. The van der Waals surface area contributed by atoms with Crippen molar-refractivity contribution < 1.29 is 31.7 Å². The molecule has 0 bridgehead atoms. The standard InChI is InChI=1S/C10H20O5Si.C6H15ClO2Si/c1-9(2)10(11)15-7-6-8-16(12-3,13-4)14-5;1-8-10(9-2)6-4-3-5-7/h1,6-8H2,2-5H3;10H,3-6H2,1-2H3. The number of ether oxygens (including phenoxy) is 1. The zero-order valence-corrected chi connectivity index (χ0v) is 19.9. The molecule has 0 aromatic rings. The van der Waals surface area contributed by atoms with Gasteiger partial charge in [0.25, 0.3) is 0 Å². The average molecular weight is 431 g/mol. The van der Waals surface area contributed by atoms with E-state index in [9.17, 15) is 4.79 Å². The molecule has 0 atom stereocenters. The second-order valence-corrected chi connectivity index (χ2v) is 11.2.